The summed E-state index contributed by atoms with van der Waals surface area (Å²) < 4.78 is 66.0. The summed E-state index contributed by atoms with van der Waals surface area (Å²) in [5, 5.41) is 6.64. The van der Waals surface area contributed by atoms with Gasteiger partial charge in [-0.3, -0.25) is 9.59 Å². The van der Waals surface area contributed by atoms with E-state index in [1.165, 1.54) is 6.07 Å². The molecule has 3 rings (SSSR count). The Labute approximate surface area is 132 Å². The standard InChI is InChI=1S/C14H12F5N3O2/c15-13(16)8-5-6(1-2-9(8)22-12(13)24)21-11(23)10-7(3-4-20-10)14(17,18)19/h1-2,5,7,10,20H,3-4H2,(H,21,23)(H,22,24)/t7-,10-/m0/s1. The van der Waals surface area contributed by atoms with E-state index in [-0.39, 0.29) is 24.3 Å². The Bertz CT molecular complexity index is 704. The first-order chi connectivity index (χ1) is 11.1. The van der Waals surface area contributed by atoms with Crippen molar-refractivity contribution >= 4 is 23.2 Å². The number of alkyl halides is 5. The second-order valence-corrected chi connectivity index (χ2v) is 5.65. The van der Waals surface area contributed by atoms with Crippen LogP contribution in [0.15, 0.2) is 18.2 Å². The molecule has 0 bridgehead atoms. The van der Waals surface area contributed by atoms with Gasteiger partial charge in [-0.15, -0.1) is 0 Å². The van der Waals surface area contributed by atoms with Gasteiger partial charge in [-0.05, 0) is 31.2 Å². The van der Waals surface area contributed by atoms with Crippen LogP contribution in [0.4, 0.5) is 33.3 Å². The summed E-state index contributed by atoms with van der Waals surface area (Å²) in [5.41, 5.74) is -0.836. The lowest BCUT2D eigenvalue weighted by Crippen LogP contribution is -2.44. The largest absolute Gasteiger partial charge is 0.393 e. The summed E-state index contributed by atoms with van der Waals surface area (Å²) in [6.45, 7) is 0.0307. The topological polar surface area (TPSA) is 70.2 Å². The molecule has 24 heavy (non-hydrogen) atoms. The molecule has 3 N–H and O–H groups in total. The number of amides is 2. The van der Waals surface area contributed by atoms with Gasteiger partial charge in [-0.1, -0.05) is 0 Å². The van der Waals surface area contributed by atoms with E-state index in [2.05, 4.69) is 10.6 Å². The van der Waals surface area contributed by atoms with Gasteiger partial charge in [0, 0.05) is 5.69 Å². The predicted octanol–water partition coefficient (Wildman–Crippen LogP) is 2.21. The number of hydrogen-bond acceptors (Lipinski definition) is 3. The molecule has 2 amide bonds. The number of halogens is 5. The average Bonchev–Trinajstić information content (AvgIpc) is 3.05. The van der Waals surface area contributed by atoms with Crippen LogP contribution in [0.2, 0.25) is 0 Å². The van der Waals surface area contributed by atoms with E-state index in [1.807, 2.05) is 5.32 Å². The lowest BCUT2D eigenvalue weighted by Gasteiger charge is -2.21. The zero-order valence-corrected chi connectivity index (χ0v) is 12.0. The smallest absolute Gasteiger partial charge is 0.325 e. The second-order valence-electron chi connectivity index (χ2n) is 5.65. The van der Waals surface area contributed by atoms with Crippen LogP contribution in [0.3, 0.4) is 0 Å². The van der Waals surface area contributed by atoms with Crippen molar-refractivity contribution in [2.24, 2.45) is 5.92 Å². The summed E-state index contributed by atoms with van der Waals surface area (Å²) in [6, 6.07) is 1.78. The minimum absolute atomic E-state index is 0.0307. The molecule has 2 aliphatic rings. The maximum atomic E-state index is 13.7. The number of anilines is 2. The summed E-state index contributed by atoms with van der Waals surface area (Å²) in [4.78, 5) is 23.2. The predicted molar refractivity (Wildman–Crippen MR) is 73.5 cm³/mol. The first-order valence-corrected chi connectivity index (χ1v) is 7.05. The van der Waals surface area contributed by atoms with Crippen molar-refractivity contribution in [2.45, 2.75) is 24.6 Å². The van der Waals surface area contributed by atoms with Crippen LogP contribution in [0, 0.1) is 5.92 Å². The average molecular weight is 349 g/mol. The van der Waals surface area contributed by atoms with Crippen LogP contribution in [-0.4, -0.2) is 30.6 Å². The lowest BCUT2D eigenvalue weighted by molar-refractivity contribution is -0.178. The SMILES string of the molecule is O=C(Nc1ccc2c(c1)C(F)(F)C(=O)N2)[C@H]1NCC[C@@H]1C(F)(F)F. The Morgan fingerprint density at radius 1 is 1.29 bits per heavy atom. The number of nitrogens with one attached hydrogen (secondary N) is 3. The number of benzene rings is 1. The molecule has 10 heteroatoms. The van der Waals surface area contributed by atoms with Crippen molar-refractivity contribution in [2.75, 3.05) is 17.2 Å². The van der Waals surface area contributed by atoms with Gasteiger partial charge in [0.25, 0.3) is 5.91 Å². The first kappa shape index (κ1) is 16.6. The minimum Gasteiger partial charge on any atom is -0.325 e. The number of carbonyl (C=O) groups is 2. The molecule has 2 aliphatic heterocycles. The van der Waals surface area contributed by atoms with E-state index in [4.69, 9.17) is 0 Å². The quantitative estimate of drug-likeness (QED) is 0.717. The van der Waals surface area contributed by atoms with Crippen molar-refractivity contribution in [1.29, 1.82) is 0 Å². The first-order valence-electron chi connectivity index (χ1n) is 7.05. The van der Waals surface area contributed by atoms with Gasteiger partial charge in [0.05, 0.1) is 23.2 Å². The Kier molecular flexibility index (Phi) is 3.74. The molecule has 1 fully saturated rings. The van der Waals surface area contributed by atoms with Crippen molar-refractivity contribution in [3.05, 3.63) is 23.8 Å². The molecule has 2 atom stereocenters. The third kappa shape index (κ3) is 2.70. The molecule has 0 aromatic heterocycles. The lowest BCUT2D eigenvalue weighted by atomic mass is 9.99. The molecule has 0 saturated carbocycles. The zero-order chi connectivity index (χ0) is 17.7. The molecule has 0 aliphatic carbocycles. The number of fused-ring (bicyclic) bond motifs is 1. The molecule has 130 valence electrons. The Morgan fingerprint density at radius 2 is 2.00 bits per heavy atom. The third-order valence-electron chi connectivity index (χ3n) is 4.08. The summed E-state index contributed by atoms with van der Waals surface area (Å²) >= 11 is 0. The van der Waals surface area contributed by atoms with Crippen molar-refractivity contribution < 1.29 is 31.5 Å². The Balaban J connectivity index is 1.79. The molecule has 0 unspecified atom stereocenters. The monoisotopic (exact) mass is 349 g/mol. The fraction of sp³-hybridized carbons (Fsp3) is 0.429. The Hall–Kier alpha value is -2.23. The van der Waals surface area contributed by atoms with E-state index in [0.717, 1.165) is 12.1 Å². The van der Waals surface area contributed by atoms with Crippen molar-refractivity contribution in [3.63, 3.8) is 0 Å². The highest BCUT2D eigenvalue weighted by Crippen LogP contribution is 2.41. The van der Waals surface area contributed by atoms with Crippen LogP contribution in [-0.2, 0) is 15.5 Å². The van der Waals surface area contributed by atoms with Gasteiger partial charge in [-0.2, -0.15) is 22.0 Å². The molecular weight excluding hydrogens is 337 g/mol. The number of rotatable bonds is 2. The third-order valence-corrected chi connectivity index (χ3v) is 4.08. The van der Waals surface area contributed by atoms with E-state index < -0.39 is 41.4 Å². The van der Waals surface area contributed by atoms with Gasteiger partial charge < -0.3 is 16.0 Å². The Morgan fingerprint density at radius 3 is 2.67 bits per heavy atom. The van der Waals surface area contributed by atoms with E-state index in [1.54, 1.807) is 0 Å². The van der Waals surface area contributed by atoms with Crippen LogP contribution in [0.5, 0.6) is 0 Å². The van der Waals surface area contributed by atoms with Crippen LogP contribution in [0.25, 0.3) is 0 Å². The molecule has 1 aromatic carbocycles. The van der Waals surface area contributed by atoms with Gasteiger partial charge in [0.2, 0.25) is 5.91 Å². The molecular formula is C14H12F5N3O2. The van der Waals surface area contributed by atoms with Gasteiger partial charge >= 0.3 is 12.1 Å². The highest BCUT2D eigenvalue weighted by Gasteiger charge is 2.50. The van der Waals surface area contributed by atoms with Gasteiger partial charge in [0.15, 0.2) is 0 Å². The molecule has 5 nitrogen and oxygen atoms in total. The maximum Gasteiger partial charge on any atom is 0.393 e. The summed E-state index contributed by atoms with van der Waals surface area (Å²) in [7, 11) is 0. The maximum absolute atomic E-state index is 13.7. The fourth-order valence-corrected chi connectivity index (χ4v) is 2.87. The highest BCUT2D eigenvalue weighted by molar-refractivity contribution is 6.05. The van der Waals surface area contributed by atoms with Gasteiger partial charge in [-0.25, -0.2) is 0 Å². The fourth-order valence-electron chi connectivity index (χ4n) is 2.87. The van der Waals surface area contributed by atoms with Crippen LogP contribution >= 0.6 is 0 Å². The van der Waals surface area contributed by atoms with E-state index in [9.17, 15) is 31.5 Å². The van der Waals surface area contributed by atoms with E-state index >= 15 is 0 Å². The minimum atomic E-state index is -4.53. The van der Waals surface area contributed by atoms with Crippen molar-refractivity contribution in [1.82, 2.24) is 5.32 Å². The second kappa shape index (κ2) is 5.40. The van der Waals surface area contributed by atoms with Crippen LogP contribution < -0.4 is 16.0 Å². The summed E-state index contributed by atoms with van der Waals surface area (Å²) in [5.74, 6) is -8.04. The normalized spacial score (nSPS) is 25.3. The molecule has 0 spiro atoms. The van der Waals surface area contributed by atoms with Crippen molar-refractivity contribution in [3.8, 4) is 0 Å². The highest BCUT2D eigenvalue weighted by atomic mass is 19.4. The summed E-state index contributed by atoms with van der Waals surface area (Å²) in [6.07, 6.45) is -4.77. The molecule has 1 saturated heterocycles. The molecule has 0 radical (unpaired) electrons. The van der Waals surface area contributed by atoms with E-state index in [0.29, 0.717) is 0 Å². The van der Waals surface area contributed by atoms with Crippen LogP contribution in [0.1, 0.15) is 12.0 Å². The molecule has 1 aromatic rings. The van der Waals surface area contributed by atoms with Gasteiger partial charge in [0.1, 0.15) is 0 Å². The zero-order valence-electron chi connectivity index (χ0n) is 12.0. The number of hydrogen-bond donors (Lipinski definition) is 3. The number of carbonyl (C=O) groups excluding carboxylic acids is 2. The molecule has 2 heterocycles.